The number of carbonyl (C=O) groups is 1. The van der Waals surface area contributed by atoms with E-state index in [2.05, 4.69) is 12.1 Å². The molecule has 88 valence electrons. The molecule has 0 bridgehead atoms. The van der Waals surface area contributed by atoms with Crippen molar-refractivity contribution >= 4 is 17.7 Å². The molecule has 0 radical (unpaired) electrons. The number of esters is 1. The van der Waals surface area contributed by atoms with Crippen molar-refractivity contribution < 1.29 is 9.53 Å². The zero-order valence-corrected chi connectivity index (χ0v) is 10.2. The summed E-state index contributed by atoms with van der Waals surface area (Å²) in [7, 11) is 0. The maximum absolute atomic E-state index is 11.2. The topological polar surface area (TPSA) is 52.3 Å². The third-order valence-corrected chi connectivity index (χ3v) is 3.13. The van der Waals surface area contributed by atoms with Gasteiger partial charge < -0.3 is 10.5 Å². The molecule has 1 rings (SSSR count). The van der Waals surface area contributed by atoms with E-state index < -0.39 is 6.04 Å². The van der Waals surface area contributed by atoms with Crippen LogP contribution in [0.2, 0.25) is 0 Å². The summed E-state index contributed by atoms with van der Waals surface area (Å²) < 4.78 is 4.83. The largest absolute Gasteiger partial charge is 0.465 e. The molecule has 1 aromatic carbocycles. The summed E-state index contributed by atoms with van der Waals surface area (Å²) in [6, 6.07) is 9.58. The van der Waals surface area contributed by atoms with Gasteiger partial charge in [0.1, 0.15) is 6.04 Å². The quantitative estimate of drug-likeness (QED) is 0.769. The lowest BCUT2D eigenvalue weighted by Gasteiger charge is -2.09. The van der Waals surface area contributed by atoms with Crippen LogP contribution < -0.4 is 5.73 Å². The minimum absolute atomic E-state index is 0.317. The number of nitrogens with two attached hydrogens (primary N) is 1. The van der Waals surface area contributed by atoms with Crippen LogP contribution in [0.1, 0.15) is 12.5 Å². The second-order valence-electron chi connectivity index (χ2n) is 3.36. The molecule has 0 fully saturated rings. The van der Waals surface area contributed by atoms with E-state index in [1.54, 1.807) is 18.7 Å². The highest BCUT2D eigenvalue weighted by molar-refractivity contribution is 7.98. The maximum atomic E-state index is 11.2. The molecular formula is C12H17NO2S. The number of rotatable bonds is 6. The Bertz CT molecular complexity index is 316. The van der Waals surface area contributed by atoms with Gasteiger partial charge in [-0.25, -0.2) is 0 Å². The minimum atomic E-state index is -0.520. The zero-order valence-electron chi connectivity index (χ0n) is 9.39. The number of carbonyl (C=O) groups excluding carboxylic acids is 1. The van der Waals surface area contributed by atoms with Crippen LogP contribution >= 0.6 is 11.8 Å². The average Bonchev–Trinajstić information content (AvgIpc) is 2.30. The van der Waals surface area contributed by atoms with Gasteiger partial charge in [-0.05, 0) is 12.5 Å². The van der Waals surface area contributed by atoms with Crippen molar-refractivity contribution in [3.8, 4) is 0 Å². The van der Waals surface area contributed by atoms with E-state index in [-0.39, 0.29) is 5.97 Å². The number of hydrogen-bond acceptors (Lipinski definition) is 4. The summed E-state index contributed by atoms with van der Waals surface area (Å²) in [5, 5.41) is 0. The van der Waals surface area contributed by atoms with Crippen molar-refractivity contribution in [3.63, 3.8) is 0 Å². The first-order valence-corrected chi connectivity index (χ1v) is 6.43. The molecule has 0 heterocycles. The Morgan fingerprint density at radius 3 is 2.75 bits per heavy atom. The smallest absolute Gasteiger partial charge is 0.323 e. The zero-order chi connectivity index (χ0) is 11.8. The summed E-state index contributed by atoms with van der Waals surface area (Å²) >= 11 is 1.64. The molecule has 0 aromatic heterocycles. The Labute approximate surface area is 100 Å². The van der Waals surface area contributed by atoms with Crippen LogP contribution in [0.5, 0.6) is 0 Å². The van der Waals surface area contributed by atoms with Crippen LogP contribution in [0.3, 0.4) is 0 Å². The molecule has 1 atom stereocenters. The minimum Gasteiger partial charge on any atom is -0.465 e. The third-order valence-electron chi connectivity index (χ3n) is 2.00. The first-order valence-electron chi connectivity index (χ1n) is 5.28. The standard InChI is InChI=1S/C12H17NO2S/c1-2-15-12(14)11(13)9-16-8-10-6-4-3-5-7-10/h3-7,11H,2,8-9,13H2,1H3. The highest BCUT2D eigenvalue weighted by Crippen LogP contribution is 2.12. The third kappa shape index (κ3) is 4.68. The van der Waals surface area contributed by atoms with Gasteiger partial charge >= 0.3 is 5.97 Å². The summed E-state index contributed by atoms with van der Waals surface area (Å²) in [4.78, 5) is 11.2. The molecule has 0 saturated carbocycles. The van der Waals surface area contributed by atoms with Gasteiger partial charge in [-0.3, -0.25) is 4.79 Å². The monoisotopic (exact) mass is 239 g/mol. The molecule has 4 heteroatoms. The molecule has 16 heavy (non-hydrogen) atoms. The predicted octanol–water partition coefficient (Wildman–Crippen LogP) is 1.81. The van der Waals surface area contributed by atoms with Crippen LogP contribution in [0.4, 0.5) is 0 Å². The maximum Gasteiger partial charge on any atom is 0.323 e. The lowest BCUT2D eigenvalue weighted by Crippen LogP contribution is -2.34. The molecule has 0 aliphatic rings. The van der Waals surface area contributed by atoms with Gasteiger partial charge in [-0.1, -0.05) is 30.3 Å². The summed E-state index contributed by atoms with van der Waals surface area (Å²) in [6.45, 7) is 2.16. The molecule has 3 nitrogen and oxygen atoms in total. The fourth-order valence-corrected chi connectivity index (χ4v) is 2.13. The molecule has 0 aliphatic heterocycles. The van der Waals surface area contributed by atoms with Gasteiger partial charge in [0, 0.05) is 11.5 Å². The summed E-state index contributed by atoms with van der Waals surface area (Å²) in [5.41, 5.74) is 6.91. The van der Waals surface area contributed by atoms with Crippen LogP contribution in [0.25, 0.3) is 0 Å². The molecule has 2 N–H and O–H groups in total. The van der Waals surface area contributed by atoms with Crippen molar-refractivity contribution in [1.29, 1.82) is 0 Å². The Hall–Kier alpha value is -1.00. The highest BCUT2D eigenvalue weighted by Gasteiger charge is 2.13. The fraction of sp³-hybridized carbons (Fsp3) is 0.417. The van der Waals surface area contributed by atoms with Crippen LogP contribution in [-0.2, 0) is 15.3 Å². The van der Waals surface area contributed by atoms with Gasteiger partial charge in [0.15, 0.2) is 0 Å². The lowest BCUT2D eigenvalue weighted by atomic mass is 10.2. The summed E-state index contributed by atoms with van der Waals surface area (Å²) in [6.07, 6.45) is 0. The first kappa shape index (κ1) is 13.1. The molecule has 1 unspecified atom stereocenters. The predicted molar refractivity (Wildman–Crippen MR) is 67.2 cm³/mol. The molecule has 0 saturated heterocycles. The van der Waals surface area contributed by atoms with Gasteiger partial charge in [-0.2, -0.15) is 11.8 Å². The van der Waals surface area contributed by atoms with Crippen molar-refractivity contribution in [2.45, 2.75) is 18.7 Å². The van der Waals surface area contributed by atoms with Gasteiger partial charge in [0.05, 0.1) is 6.61 Å². The van der Waals surface area contributed by atoms with E-state index in [0.717, 1.165) is 5.75 Å². The number of ether oxygens (including phenoxy) is 1. The Balaban J connectivity index is 2.23. The Kier molecular flexibility index (Phi) is 5.96. The van der Waals surface area contributed by atoms with Gasteiger partial charge in [-0.15, -0.1) is 0 Å². The number of hydrogen-bond donors (Lipinski definition) is 1. The number of thioether (sulfide) groups is 1. The molecular weight excluding hydrogens is 222 g/mol. The van der Waals surface area contributed by atoms with Crippen molar-refractivity contribution in [1.82, 2.24) is 0 Å². The van der Waals surface area contributed by atoms with E-state index in [0.29, 0.717) is 12.4 Å². The Morgan fingerprint density at radius 2 is 2.12 bits per heavy atom. The second-order valence-corrected chi connectivity index (χ2v) is 4.39. The SMILES string of the molecule is CCOC(=O)C(N)CSCc1ccccc1. The van der Waals surface area contributed by atoms with Crippen LogP contribution in [0, 0.1) is 0 Å². The molecule has 0 aliphatic carbocycles. The Morgan fingerprint density at radius 1 is 1.44 bits per heavy atom. The molecule has 1 aromatic rings. The summed E-state index contributed by atoms with van der Waals surface area (Å²) in [5.74, 6) is 1.14. The van der Waals surface area contributed by atoms with E-state index >= 15 is 0 Å². The van der Waals surface area contributed by atoms with Gasteiger partial charge in [0.2, 0.25) is 0 Å². The van der Waals surface area contributed by atoms with E-state index in [4.69, 9.17) is 10.5 Å². The molecule has 0 amide bonds. The van der Waals surface area contributed by atoms with E-state index in [1.807, 2.05) is 18.2 Å². The second kappa shape index (κ2) is 7.30. The van der Waals surface area contributed by atoms with Crippen LogP contribution in [0.15, 0.2) is 30.3 Å². The normalized spacial score (nSPS) is 12.1. The highest BCUT2D eigenvalue weighted by atomic mass is 32.2. The van der Waals surface area contributed by atoms with E-state index in [9.17, 15) is 4.79 Å². The first-order chi connectivity index (χ1) is 7.74. The van der Waals surface area contributed by atoms with Crippen molar-refractivity contribution in [2.75, 3.05) is 12.4 Å². The van der Waals surface area contributed by atoms with Crippen molar-refractivity contribution in [2.24, 2.45) is 5.73 Å². The lowest BCUT2D eigenvalue weighted by molar-refractivity contribution is -0.144. The van der Waals surface area contributed by atoms with E-state index in [1.165, 1.54) is 5.56 Å². The van der Waals surface area contributed by atoms with Crippen molar-refractivity contribution in [3.05, 3.63) is 35.9 Å². The number of benzene rings is 1. The van der Waals surface area contributed by atoms with Gasteiger partial charge in [0.25, 0.3) is 0 Å². The average molecular weight is 239 g/mol. The molecule has 0 spiro atoms. The fourth-order valence-electron chi connectivity index (χ4n) is 1.20. The van der Waals surface area contributed by atoms with Crippen LogP contribution in [-0.4, -0.2) is 24.4 Å².